The van der Waals surface area contributed by atoms with E-state index in [1.807, 2.05) is 18.3 Å². The van der Waals surface area contributed by atoms with Gasteiger partial charge < -0.3 is 4.90 Å². The number of rotatable bonds is 6. The Labute approximate surface area is 193 Å². The van der Waals surface area contributed by atoms with E-state index in [-0.39, 0.29) is 0 Å². The minimum atomic E-state index is 0.750. The van der Waals surface area contributed by atoms with Gasteiger partial charge in [0.2, 0.25) is 0 Å². The van der Waals surface area contributed by atoms with E-state index in [2.05, 4.69) is 120 Å². The van der Waals surface area contributed by atoms with E-state index in [1.165, 1.54) is 16.7 Å². The molecular formula is C28H25BrN2. The highest BCUT2D eigenvalue weighted by molar-refractivity contribution is 9.10. The molecule has 4 rings (SSSR count). The first-order valence-corrected chi connectivity index (χ1v) is 11.2. The van der Waals surface area contributed by atoms with Crippen molar-refractivity contribution in [3.63, 3.8) is 0 Å². The Balaban J connectivity index is 1.68. The number of hydrogen-bond acceptors (Lipinski definition) is 2. The Morgan fingerprint density at radius 2 is 1.26 bits per heavy atom. The topological polar surface area (TPSA) is 15.6 Å². The maximum atomic E-state index is 4.80. The fourth-order valence-electron chi connectivity index (χ4n) is 3.68. The van der Waals surface area contributed by atoms with Crippen LogP contribution in [0.25, 0.3) is 0 Å². The van der Waals surface area contributed by atoms with Gasteiger partial charge in [-0.05, 0) is 70.7 Å². The predicted molar refractivity (Wildman–Crippen MR) is 136 cm³/mol. The Morgan fingerprint density at radius 1 is 0.710 bits per heavy atom. The third-order valence-corrected chi connectivity index (χ3v) is 6.31. The summed E-state index contributed by atoms with van der Waals surface area (Å²) in [7, 11) is 0. The molecule has 4 aromatic rings. The lowest BCUT2D eigenvalue weighted by Gasteiger charge is -2.26. The van der Waals surface area contributed by atoms with Gasteiger partial charge in [0.05, 0.1) is 5.69 Å². The van der Waals surface area contributed by atoms with E-state index in [4.69, 9.17) is 4.99 Å². The first kappa shape index (κ1) is 21.1. The van der Waals surface area contributed by atoms with Crippen LogP contribution < -0.4 is 4.90 Å². The average molecular weight is 469 g/mol. The zero-order valence-electron chi connectivity index (χ0n) is 17.8. The van der Waals surface area contributed by atoms with Crippen molar-refractivity contribution in [1.29, 1.82) is 0 Å². The summed E-state index contributed by atoms with van der Waals surface area (Å²) < 4.78 is 1.07. The zero-order valence-corrected chi connectivity index (χ0v) is 19.4. The third kappa shape index (κ3) is 4.95. The molecule has 0 amide bonds. The fourth-order valence-corrected chi connectivity index (χ4v) is 4.17. The van der Waals surface area contributed by atoms with Crippen LogP contribution in [0.3, 0.4) is 0 Å². The van der Waals surface area contributed by atoms with Crippen molar-refractivity contribution in [1.82, 2.24) is 0 Å². The molecule has 4 aromatic carbocycles. The van der Waals surface area contributed by atoms with Crippen molar-refractivity contribution >= 4 is 39.2 Å². The molecule has 0 heterocycles. The van der Waals surface area contributed by atoms with Crippen molar-refractivity contribution in [3.8, 4) is 0 Å². The number of benzene rings is 4. The lowest BCUT2D eigenvalue weighted by Crippen LogP contribution is -2.16. The Morgan fingerprint density at radius 3 is 1.84 bits per heavy atom. The van der Waals surface area contributed by atoms with Crippen molar-refractivity contribution in [2.75, 3.05) is 4.90 Å². The summed E-state index contributed by atoms with van der Waals surface area (Å²) in [6.07, 6.45) is 1.96. The molecule has 0 aromatic heterocycles. The number of halogens is 1. The van der Waals surface area contributed by atoms with Crippen LogP contribution in [0.1, 0.15) is 22.3 Å². The van der Waals surface area contributed by atoms with Gasteiger partial charge in [0.1, 0.15) is 0 Å². The molecule has 0 atom stereocenters. The number of aliphatic imine (C=N–C) groups is 1. The van der Waals surface area contributed by atoms with Crippen molar-refractivity contribution in [3.05, 3.63) is 124 Å². The standard InChI is InChI=1S/C28H25BrN2/c1-21-11-9-12-22(2)28(21)30-19-23-13-10-14-24(27(23)29)20-31(25-15-5-3-6-16-25)26-17-7-4-8-18-26/h3-19H,20H2,1-2H3. The quantitative estimate of drug-likeness (QED) is 0.260. The summed E-state index contributed by atoms with van der Waals surface area (Å²) in [4.78, 5) is 7.13. The van der Waals surface area contributed by atoms with Gasteiger partial charge in [0.25, 0.3) is 0 Å². The maximum Gasteiger partial charge on any atom is 0.0688 e. The molecule has 0 aliphatic rings. The molecular weight excluding hydrogens is 444 g/mol. The smallest absolute Gasteiger partial charge is 0.0688 e. The van der Waals surface area contributed by atoms with Crippen LogP contribution in [0.5, 0.6) is 0 Å². The van der Waals surface area contributed by atoms with Gasteiger partial charge >= 0.3 is 0 Å². The lowest BCUT2D eigenvalue weighted by atomic mass is 10.1. The molecule has 0 N–H and O–H groups in total. The van der Waals surface area contributed by atoms with Crippen molar-refractivity contribution < 1.29 is 0 Å². The molecule has 0 aliphatic carbocycles. The lowest BCUT2D eigenvalue weighted by molar-refractivity contribution is 0.969. The van der Waals surface area contributed by atoms with Crippen molar-refractivity contribution in [2.45, 2.75) is 20.4 Å². The molecule has 2 nitrogen and oxygen atoms in total. The number of anilines is 2. The van der Waals surface area contributed by atoms with E-state index in [9.17, 15) is 0 Å². The zero-order chi connectivity index (χ0) is 21.6. The van der Waals surface area contributed by atoms with E-state index >= 15 is 0 Å². The Bertz CT molecular complexity index is 1120. The monoisotopic (exact) mass is 468 g/mol. The van der Waals surface area contributed by atoms with Crippen LogP contribution in [0, 0.1) is 13.8 Å². The normalized spacial score (nSPS) is 11.1. The van der Waals surface area contributed by atoms with Crippen LogP contribution >= 0.6 is 15.9 Å². The summed E-state index contributed by atoms with van der Waals surface area (Å²) in [5.41, 5.74) is 8.01. The summed E-state index contributed by atoms with van der Waals surface area (Å²) in [6.45, 7) is 4.95. The second-order valence-corrected chi connectivity index (χ2v) is 8.37. The summed E-state index contributed by atoms with van der Waals surface area (Å²) in [5, 5.41) is 0. The SMILES string of the molecule is Cc1cccc(C)c1N=Cc1cccc(CN(c2ccccc2)c2ccccc2)c1Br. The summed E-state index contributed by atoms with van der Waals surface area (Å²) in [6, 6.07) is 33.6. The molecule has 0 unspecified atom stereocenters. The highest BCUT2D eigenvalue weighted by atomic mass is 79.9. The number of hydrogen-bond donors (Lipinski definition) is 0. The molecule has 0 saturated carbocycles. The molecule has 0 radical (unpaired) electrons. The van der Waals surface area contributed by atoms with E-state index in [1.54, 1.807) is 0 Å². The third-order valence-electron chi connectivity index (χ3n) is 5.34. The first-order valence-electron chi connectivity index (χ1n) is 10.4. The maximum absolute atomic E-state index is 4.80. The van der Waals surface area contributed by atoms with Gasteiger partial charge in [-0.25, -0.2) is 0 Å². The molecule has 154 valence electrons. The second-order valence-electron chi connectivity index (χ2n) is 7.58. The van der Waals surface area contributed by atoms with Gasteiger partial charge in [-0.1, -0.05) is 72.8 Å². The van der Waals surface area contributed by atoms with Gasteiger partial charge in [-0.3, -0.25) is 4.99 Å². The largest absolute Gasteiger partial charge is 0.337 e. The van der Waals surface area contributed by atoms with Gasteiger partial charge in [-0.15, -0.1) is 0 Å². The van der Waals surface area contributed by atoms with Gasteiger partial charge in [0.15, 0.2) is 0 Å². The number of para-hydroxylation sites is 3. The summed E-state index contributed by atoms with van der Waals surface area (Å²) >= 11 is 3.85. The van der Waals surface area contributed by atoms with Gasteiger partial charge in [-0.2, -0.15) is 0 Å². The molecule has 0 aliphatic heterocycles. The molecule has 0 fully saturated rings. The molecule has 0 spiro atoms. The number of aryl methyl sites for hydroxylation is 2. The van der Waals surface area contributed by atoms with Crippen LogP contribution in [0.4, 0.5) is 17.1 Å². The second kappa shape index (κ2) is 9.76. The van der Waals surface area contributed by atoms with Crippen LogP contribution in [0.2, 0.25) is 0 Å². The minimum Gasteiger partial charge on any atom is -0.337 e. The minimum absolute atomic E-state index is 0.750. The van der Waals surface area contributed by atoms with Gasteiger partial charge in [0, 0.05) is 34.2 Å². The van der Waals surface area contributed by atoms with Crippen LogP contribution in [0.15, 0.2) is 107 Å². The van der Waals surface area contributed by atoms with E-state index < -0.39 is 0 Å². The highest BCUT2D eigenvalue weighted by Gasteiger charge is 2.13. The molecule has 3 heteroatoms. The number of nitrogens with zero attached hydrogens (tertiary/aromatic N) is 2. The van der Waals surface area contributed by atoms with Crippen LogP contribution in [-0.4, -0.2) is 6.21 Å². The highest BCUT2D eigenvalue weighted by Crippen LogP contribution is 2.31. The summed E-state index contributed by atoms with van der Waals surface area (Å²) in [5.74, 6) is 0. The Hall–Kier alpha value is -3.17. The fraction of sp³-hybridized carbons (Fsp3) is 0.107. The van der Waals surface area contributed by atoms with E-state index in [0.717, 1.165) is 33.6 Å². The average Bonchev–Trinajstić information content (AvgIpc) is 2.80. The molecule has 0 bridgehead atoms. The predicted octanol–water partition coefficient (Wildman–Crippen LogP) is 8.15. The van der Waals surface area contributed by atoms with Crippen LogP contribution in [-0.2, 0) is 6.54 Å². The Kier molecular flexibility index (Phi) is 6.63. The van der Waals surface area contributed by atoms with Crippen molar-refractivity contribution in [2.24, 2.45) is 4.99 Å². The first-order chi connectivity index (χ1) is 15.1. The van der Waals surface area contributed by atoms with E-state index in [0.29, 0.717) is 0 Å². The molecule has 31 heavy (non-hydrogen) atoms. The molecule has 0 saturated heterocycles.